The molecule has 0 aliphatic carbocycles. The summed E-state index contributed by atoms with van der Waals surface area (Å²) in [5.41, 5.74) is 0.314. The van der Waals surface area contributed by atoms with Crippen LogP contribution in [-0.4, -0.2) is 43.3 Å². The second-order valence-electron chi connectivity index (χ2n) is 6.50. The molecule has 8 nitrogen and oxygen atoms in total. The van der Waals surface area contributed by atoms with Gasteiger partial charge in [-0.3, -0.25) is 18.8 Å². The topological polar surface area (TPSA) is 74.3 Å². The van der Waals surface area contributed by atoms with Crippen molar-refractivity contribution in [3.63, 3.8) is 0 Å². The number of ether oxygens (including phenoxy) is 1. The zero-order valence-corrected chi connectivity index (χ0v) is 14.9. The van der Waals surface area contributed by atoms with Crippen molar-refractivity contribution in [3.8, 4) is 5.75 Å². The maximum Gasteiger partial charge on any atom is 0.332 e. The van der Waals surface area contributed by atoms with E-state index in [1.54, 1.807) is 7.05 Å². The molecule has 1 aliphatic rings. The SMILES string of the molecule is Cn1c(=O)c2c(nc3n2CCN(CCOc2ccccc2)C3)n(C)c1=O. The number of hydrogen-bond acceptors (Lipinski definition) is 5. The van der Waals surface area contributed by atoms with E-state index in [2.05, 4.69) is 9.88 Å². The molecule has 0 saturated carbocycles. The molecule has 136 valence electrons. The molecule has 26 heavy (non-hydrogen) atoms. The van der Waals surface area contributed by atoms with Gasteiger partial charge in [0.2, 0.25) is 0 Å². The van der Waals surface area contributed by atoms with E-state index in [1.165, 1.54) is 11.6 Å². The van der Waals surface area contributed by atoms with Gasteiger partial charge in [0.15, 0.2) is 11.2 Å². The van der Waals surface area contributed by atoms with Crippen molar-refractivity contribution in [3.05, 3.63) is 57.0 Å². The lowest BCUT2D eigenvalue weighted by molar-refractivity contribution is 0.176. The monoisotopic (exact) mass is 355 g/mol. The largest absolute Gasteiger partial charge is 0.492 e. The first-order valence-electron chi connectivity index (χ1n) is 8.61. The molecule has 8 heteroatoms. The number of para-hydroxylation sites is 1. The molecular weight excluding hydrogens is 334 g/mol. The Hall–Kier alpha value is -2.87. The van der Waals surface area contributed by atoms with Crippen molar-refractivity contribution >= 4 is 11.2 Å². The van der Waals surface area contributed by atoms with Gasteiger partial charge in [-0.15, -0.1) is 0 Å². The number of hydrogen-bond donors (Lipinski definition) is 0. The molecule has 4 rings (SSSR count). The molecule has 0 atom stereocenters. The number of rotatable bonds is 4. The predicted molar refractivity (Wildman–Crippen MR) is 97.4 cm³/mol. The number of aryl methyl sites for hydroxylation is 1. The van der Waals surface area contributed by atoms with E-state index in [0.29, 0.717) is 30.9 Å². The molecule has 1 aromatic carbocycles. The molecule has 1 aliphatic heterocycles. The lowest BCUT2D eigenvalue weighted by Crippen LogP contribution is -2.39. The summed E-state index contributed by atoms with van der Waals surface area (Å²) in [7, 11) is 3.15. The summed E-state index contributed by atoms with van der Waals surface area (Å²) < 4.78 is 10.3. The van der Waals surface area contributed by atoms with Crippen molar-refractivity contribution in [1.82, 2.24) is 23.6 Å². The average Bonchev–Trinajstić information content (AvgIpc) is 3.04. The minimum atomic E-state index is -0.355. The Morgan fingerprint density at radius 3 is 2.62 bits per heavy atom. The van der Waals surface area contributed by atoms with Gasteiger partial charge in [-0.25, -0.2) is 9.78 Å². The summed E-state index contributed by atoms with van der Waals surface area (Å²) in [6.45, 7) is 3.47. The third-order valence-electron chi connectivity index (χ3n) is 4.85. The van der Waals surface area contributed by atoms with Crippen LogP contribution in [0.2, 0.25) is 0 Å². The highest BCUT2D eigenvalue weighted by Crippen LogP contribution is 2.17. The lowest BCUT2D eigenvalue weighted by atomic mass is 10.3. The second kappa shape index (κ2) is 6.45. The van der Waals surface area contributed by atoms with E-state index in [0.717, 1.165) is 29.2 Å². The standard InChI is InChI=1S/C18H21N5O3/c1-20-16-15(17(24)21(2)18(20)25)23-9-8-22(12-14(23)19-16)10-11-26-13-6-4-3-5-7-13/h3-7H,8-12H2,1-2H3. The first-order valence-corrected chi connectivity index (χ1v) is 8.61. The Kier molecular flexibility index (Phi) is 4.12. The third-order valence-corrected chi connectivity index (χ3v) is 4.85. The summed E-state index contributed by atoms with van der Waals surface area (Å²) in [6, 6.07) is 9.73. The molecular formula is C18H21N5O3. The van der Waals surface area contributed by atoms with Gasteiger partial charge in [0.25, 0.3) is 5.56 Å². The highest BCUT2D eigenvalue weighted by atomic mass is 16.5. The minimum absolute atomic E-state index is 0.289. The molecule has 2 aromatic heterocycles. The Morgan fingerprint density at radius 2 is 1.85 bits per heavy atom. The molecule has 0 fully saturated rings. The summed E-state index contributed by atoms with van der Waals surface area (Å²) in [6.07, 6.45) is 0. The minimum Gasteiger partial charge on any atom is -0.492 e. The summed E-state index contributed by atoms with van der Waals surface area (Å²) in [5.74, 6) is 1.67. The van der Waals surface area contributed by atoms with Gasteiger partial charge in [-0.05, 0) is 12.1 Å². The van der Waals surface area contributed by atoms with Gasteiger partial charge < -0.3 is 9.30 Å². The van der Waals surface area contributed by atoms with Gasteiger partial charge in [0, 0.05) is 33.7 Å². The van der Waals surface area contributed by atoms with Crippen LogP contribution in [-0.2, 0) is 27.2 Å². The van der Waals surface area contributed by atoms with Crippen LogP contribution < -0.4 is 16.0 Å². The number of nitrogens with zero attached hydrogens (tertiary/aromatic N) is 5. The van der Waals surface area contributed by atoms with Crippen LogP contribution in [0.25, 0.3) is 11.2 Å². The zero-order valence-electron chi connectivity index (χ0n) is 14.9. The average molecular weight is 355 g/mol. The Labute approximate surface area is 149 Å². The molecule has 0 bridgehead atoms. The number of imidazole rings is 1. The van der Waals surface area contributed by atoms with Crippen molar-refractivity contribution in [2.45, 2.75) is 13.1 Å². The molecule has 0 unspecified atom stereocenters. The van der Waals surface area contributed by atoms with Crippen molar-refractivity contribution in [2.75, 3.05) is 19.7 Å². The van der Waals surface area contributed by atoms with Gasteiger partial charge in [0.1, 0.15) is 18.2 Å². The first kappa shape index (κ1) is 16.6. The third kappa shape index (κ3) is 2.72. The van der Waals surface area contributed by atoms with Gasteiger partial charge in [-0.2, -0.15) is 0 Å². The van der Waals surface area contributed by atoms with Crippen LogP contribution in [0.4, 0.5) is 0 Å². The number of aromatic nitrogens is 4. The predicted octanol–water partition coefficient (Wildman–Crippen LogP) is 0.328. The van der Waals surface area contributed by atoms with E-state index < -0.39 is 0 Å². The second-order valence-corrected chi connectivity index (χ2v) is 6.50. The van der Waals surface area contributed by atoms with E-state index in [-0.39, 0.29) is 11.2 Å². The van der Waals surface area contributed by atoms with Crippen LogP contribution in [0.5, 0.6) is 5.75 Å². The van der Waals surface area contributed by atoms with Crippen molar-refractivity contribution in [1.29, 1.82) is 0 Å². The highest BCUT2D eigenvalue weighted by molar-refractivity contribution is 5.71. The quantitative estimate of drug-likeness (QED) is 0.674. The fourth-order valence-electron chi connectivity index (χ4n) is 3.37. The maximum absolute atomic E-state index is 12.5. The normalized spacial score (nSPS) is 14.5. The Morgan fingerprint density at radius 1 is 1.08 bits per heavy atom. The number of benzene rings is 1. The van der Waals surface area contributed by atoms with Crippen LogP contribution in [0.1, 0.15) is 5.82 Å². The molecule has 3 heterocycles. The Bertz CT molecular complexity index is 1060. The summed E-state index contributed by atoms with van der Waals surface area (Å²) in [5, 5.41) is 0. The van der Waals surface area contributed by atoms with Crippen LogP contribution >= 0.6 is 0 Å². The highest BCUT2D eigenvalue weighted by Gasteiger charge is 2.24. The van der Waals surface area contributed by atoms with E-state index in [1.807, 2.05) is 34.9 Å². The molecule has 3 aromatic rings. The first-order chi connectivity index (χ1) is 12.6. The zero-order chi connectivity index (χ0) is 18.3. The lowest BCUT2D eigenvalue weighted by Gasteiger charge is -2.27. The van der Waals surface area contributed by atoms with Crippen LogP contribution in [0.15, 0.2) is 39.9 Å². The van der Waals surface area contributed by atoms with Crippen LogP contribution in [0.3, 0.4) is 0 Å². The maximum atomic E-state index is 12.5. The molecule has 0 saturated heterocycles. The van der Waals surface area contributed by atoms with Crippen LogP contribution in [0, 0.1) is 0 Å². The molecule has 0 radical (unpaired) electrons. The van der Waals surface area contributed by atoms with E-state index >= 15 is 0 Å². The van der Waals surface area contributed by atoms with E-state index in [4.69, 9.17) is 4.74 Å². The molecule has 0 spiro atoms. The molecule has 0 N–H and O–H groups in total. The van der Waals surface area contributed by atoms with Crippen molar-refractivity contribution in [2.24, 2.45) is 14.1 Å². The summed E-state index contributed by atoms with van der Waals surface area (Å²) >= 11 is 0. The van der Waals surface area contributed by atoms with Crippen molar-refractivity contribution < 1.29 is 4.74 Å². The van der Waals surface area contributed by atoms with Gasteiger partial charge in [0.05, 0.1) is 6.54 Å². The van der Waals surface area contributed by atoms with E-state index in [9.17, 15) is 9.59 Å². The fraction of sp³-hybridized carbons (Fsp3) is 0.389. The fourth-order valence-corrected chi connectivity index (χ4v) is 3.37. The number of fused-ring (bicyclic) bond motifs is 3. The smallest absolute Gasteiger partial charge is 0.332 e. The Balaban J connectivity index is 1.54. The van der Waals surface area contributed by atoms with Gasteiger partial charge in [-0.1, -0.05) is 18.2 Å². The summed E-state index contributed by atoms with van der Waals surface area (Å²) in [4.78, 5) is 31.4. The van der Waals surface area contributed by atoms with Gasteiger partial charge >= 0.3 is 5.69 Å². The molecule has 0 amide bonds.